The van der Waals surface area contributed by atoms with Crippen molar-refractivity contribution in [1.82, 2.24) is 9.97 Å². The van der Waals surface area contributed by atoms with Crippen LogP contribution in [0.2, 0.25) is 0 Å². The van der Waals surface area contributed by atoms with Crippen molar-refractivity contribution in [2.45, 2.75) is 17.3 Å². The summed E-state index contributed by atoms with van der Waals surface area (Å²) >= 11 is 1.41. The minimum Gasteiger partial charge on any atom is -0.378 e. The van der Waals surface area contributed by atoms with E-state index in [1.165, 1.54) is 11.8 Å². The maximum absolute atomic E-state index is 12.4. The Kier molecular flexibility index (Phi) is 5.63. The molecule has 1 atom stereocenters. The van der Waals surface area contributed by atoms with Crippen LogP contribution in [0.25, 0.3) is 11.3 Å². The van der Waals surface area contributed by atoms with E-state index in [9.17, 15) is 4.79 Å². The van der Waals surface area contributed by atoms with Gasteiger partial charge in [-0.25, -0.2) is 4.98 Å². The third kappa shape index (κ3) is 4.46. The molecule has 0 spiro atoms. The molecule has 3 rings (SSSR count). The maximum atomic E-state index is 12.4. The first-order chi connectivity index (χ1) is 12.5. The largest absolute Gasteiger partial charge is 0.378 e. The average Bonchev–Trinajstić information content (AvgIpc) is 3.11. The number of carbonyl (C=O) groups excluding carboxylic acids is 1. The van der Waals surface area contributed by atoms with Crippen molar-refractivity contribution in [1.29, 1.82) is 0 Å². The number of nitrogens with one attached hydrogen (secondary N) is 2. The van der Waals surface area contributed by atoms with E-state index in [4.69, 9.17) is 0 Å². The minimum absolute atomic E-state index is 0.0507. The van der Waals surface area contributed by atoms with Crippen LogP contribution < -0.4 is 10.2 Å². The fourth-order valence-corrected chi connectivity index (χ4v) is 3.22. The van der Waals surface area contributed by atoms with Gasteiger partial charge in [0, 0.05) is 25.5 Å². The lowest BCUT2D eigenvalue weighted by Gasteiger charge is -2.14. The molecule has 0 saturated carbocycles. The van der Waals surface area contributed by atoms with E-state index in [0.29, 0.717) is 0 Å². The van der Waals surface area contributed by atoms with Crippen LogP contribution in [0.15, 0.2) is 66.0 Å². The molecule has 2 N–H and O–H groups in total. The molecule has 0 aliphatic heterocycles. The second-order valence-corrected chi connectivity index (χ2v) is 7.49. The fourth-order valence-electron chi connectivity index (χ4n) is 2.43. The van der Waals surface area contributed by atoms with E-state index in [2.05, 4.69) is 15.3 Å². The van der Waals surface area contributed by atoms with E-state index < -0.39 is 0 Å². The third-order valence-corrected chi connectivity index (χ3v) is 4.94. The zero-order chi connectivity index (χ0) is 18.5. The Hall–Kier alpha value is -2.73. The molecule has 0 saturated heterocycles. The molecule has 0 unspecified atom stereocenters. The van der Waals surface area contributed by atoms with E-state index in [1.807, 2.05) is 80.5 Å². The number of H-pyrrole nitrogens is 1. The number of nitrogens with zero attached hydrogens (tertiary/aromatic N) is 2. The Morgan fingerprint density at radius 1 is 1.12 bits per heavy atom. The van der Waals surface area contributed by atoms with Crippen molar-refractivity contribution in [2.24, 2.45) is 0 Å². The number of anilines is 2. The number of hydrogen-bond donors (Lipinski definition) is 2. The molecule has 0 radical (unpaired) electrons. The van der Waals surface area contributed by atoms with E-state index in [1.54, 1.807) is 6.20 Å². The summed E-state index contributed by atoms with van der Waals surface area (Å²) in [7, 11) is 3.97. The van der Waals surface area contributed by atoms with Crippen molar-refractivity contribution in [3.63, 3.8) is 0 Å². The normalized spacial score (nSPS) is 11.8. The number of imidazole rings is 1. The second kappa shape index (κ2) is 8.10. The van der Waals surface area contributed by atoms with E-state index in [0.717, 1.165) is 27.8 Å². The number of hydrogen-bond acceptors (Lipinski definition) is 4. The molecule has 0 bridgehead atoms. The summed E-state index contributed by atoms with van der Waals surface area (Å²) in [5, 5.41) is 3.41. The summed E-state index contributed by atoms with van der Waals surface area (Å²) < 4.78 is 0. The molecule has 134 valence electrons. The van der Waals surface area contributed by atoms with Gasteiger partial charge in [-0.2, -0.15) is 0 Å². The molecule has 6 heteroatoms. The third-order valence-electron chi connectivity index (χ3n) is 3.95. The number of aromatic nitrogens is 2. The van der Waals surface area contributed by atoms with Crippen molar-refractivity contribution in [3.8, 4) is 11.3 Å². The number of carbonyl (C=O) groups is 1. The second-order valence-electron chi connectivity index (χ2n) is 6.16. The van der Waals surface area contributed by atoms with Gasteiger partial charge in [0.1, 0.15) is 0 Å². The average molecular weight is 366 g/mol. The van der Waals surface area contributed by atoms with Gasteiger partial charge in [-0.3, -0.25) is 4.79 Å². The van der Waals surface area contributed by atoms with Crippen LogP contribution in [0, 0.1) is 0 Å². The van der Waals surface area contributed by atoms with E-state index >= 15 is 0 Å². The molecule has 0 aliphatic carbocycles. The number of benzene rings is 2. The predicted molar refractivity (Wildman–Crippen MR) is 109 cm³/mol. The lowest BCUT2D eigenvalue weighted by atomic mass is 10.2. The van der Waals surface area contributed by atoms with Crippen molar-refractivity contribution in [3.05, 3.63) is 60.8 Å². The quantitative estimate of drug-likeness (QED) is 0.640. The maximum Gasteiger partial charge on any atom is 0.237 e. The molecule has 0 fully saturated rings. The fraction of sp³-hybridized carbons (Fsp3) is 0.200. The first-order valence-corrected chi connectivity index (χ1v) is 9.26. The molecule has 0 aliphatic rings. The van der Waals surface area contributed by atoms with Gasteiger partial charge in [-0.1, -0.05) is 42.1 Å². The van der Waals surface area contributed by atoms with Crippen LogP contribution in [0.4, 0.5) is 11.4 Å². The highest BCUT2D eigenvalue weighted by Gasteiger charge is 2.16. The summed E-state index contributed by atoms with van der Waals surface area (Å²) in [4.78, 5) is 22.1. The van der Waals surface area contributed by atoms with Crippen LogP contribution in [0.1, 0.15) is 6.92 Å². The van der Waals surface area contributed by atoms with Crippen LogP contribution in [-0.2, 0) is 4.79 Å². The van der Waals surface area contributed by atoms with Crippen LogP contribution in [0.3, 0.4) is 0 Å². The Morgan fingerprint density at radius 3 is 2.46 bits per heavy atom. The van der Waals surface area contributed by atoms with Gasteiger partial charge in [0.05, 0.1) is 17.1 Å². The van der Waals surface area contributed by atoms with Crippen LogP contribution >= 0.6 is 11.8 Å². The van der Waals surface area contributed by atoms with Crippen LogP contribution in [0.5, 0.6) is 0 Å². The highest BCUT2D eigenvalue weighted by molar-refractivity contribution is 8.00. The number of thioether (sulfide) groups is 1. The number of amides is 1. The van der Waals surface area contributed by atoms with E-state index in [-0.39, 0.29) is 11.2 Å². The van der Waals surface area contributed by atoms with Crippen molar-refractivity contribution >= 4 is 29.0 Å². The molecule has 1 amide bonds. The molecular formula is C20H22N4OS. The predicted octanol–water partition coefficient (Wildman–Crippen LogP) is 4.26. The molecule has 26 heavy (non-hydrogen) atoms. The van der Waals surface area contributed by atoms with Gasteiger partial charge >= 0.3 is 0 Å². The highest BCUT2D eigenvalue weighted by atomic mass is 32.2. The Labute approximate surface area is 157 Å². The number of rotatable bonds is 6. The summed E-state index contributed by atoms with van der Waals surface area (Å²) in [5.74, 6) is -0.0507. The number of aromatic amines is 1. The lowest BCUT2D eigenvalue weighted by Crippen LogP contribution is -2.22. The smallest absolute Gasteiger partial charge is 0.237 e. The van der Waals surface area contributed by atoms with Gasteiger partial charge in [-0.15, -0.1) is 0 Å². The monoisotopic (exact) mass is 366 g/mol. The molecule has 1 aromatic heterocycles. The molecule has 1 heterocycles. The van der Waals surface area contributed by atoms with Crippen molar-refractivity contribution < 1.29 is 4.79 Å². The molecule has 3 aromatic rings. The van der Waals surface area contributed by atoms with Crippen molar-refractivity contribution in [2.75, 3.05) is 24.3 Å². The van der Waals surface area contributed by atoms with Crippen LogP contribution in [-0.4, -0.2) is 35.2 Å². The standard InChI is InChI=1S/C20H22N4OS/c1-14(19(25)22-16-9-11-17(12-10-16)24(2)3)26-20-21-13-18(23-20)15-7-5-4-6-8-15/h4-14H,1-3H3,(H,21,23)(H,22,25)/t14-/m1/s1. The molecule has 2 aromatic carbocycles. The summed E-state index contributed by atoms with van der Waals surface area (Å²) in [5.41, 5.74) is 3.90. The summed E-state index contributed by atoms with van der Waals surface area (Å²) in [6, 6.07) is 17.8. The minimum atomic E-state index is -0.265. The first-order valence-electron chi connectivity index (χ1n) is 8.38. The Bertz CT molecular complexity index is 859. The highest BCUT2D eigenvalue weighted by Crippen LogP contribution is 2.25. The SMILES string of the molecule is C[C@@H](Sc1ncc(-c2ccccc2)[nH]1)C(=O)Nc1ccc(N(C)C)cc1. The zero-order valence-electron chi connectivity index (χ0n) is 15.1. The van der Waals surface area contributed by atoms with Gasteiger partial charge < -0.3 is 15.2 Å². The molecular weight excluding hydrogens is 344 g/mol. The molecule has 5 nitrogen and oxygen atoms in total. The van der Waals surface area contributed by atoms with Gasteiger partial charge in [0.2, 0.25) is 5.91 Å². The Balaban J connectivity index is 1.60. The topological polar surface area (TPSA) is 61.0 Å². The van der Waals surface area contributed by atoms with Gasteiger partial charge in [0.15, 0.2) is 5.16 Å². The van der Waals surface area contributed by atoms with Gasteiger partial charge in [-0.05, 0) is 36.8 Å². The summed E-state index contributed by atoms with van der Waals surface area (Å²) in [6.07, 6.45) is 1.79. The zero-order valence-corrected chi connectivity index (χ0v) is 15.9. The van der Waals surface area contributed by atoms with Gasteiger partial charge in [0.25, 0.3) is 0 Å². The first kappa shape index (κ1) is 18.1. The lowest BCUT2D eigenvalue weighted by molar-refractivity contribution is -0.115. The summed E-state index contributed by atoms with van der Waals surface area (Å²) in [6.45, 7) is 1.87. The Morgan fingerprint density at radius 2 is 1.81 bits per heavy atom.